The van der Waals surface area contributed by atoms with E-state index in [4.69, 9.17) is 0 Å². The third-order valence-electron chi connectivity index (χ3n) is 7.09. The molecular formula is C25H27N3O3. The van der Waals surface area contributed by atoms with Crippen molar-refractivity contribution >= 4 is 23.4 Å². The van der Waals surface area contributed by atoms with E-state index in [-0.39, 0.29) is 36.7 Å². The zero-order valence-electron chi connectivity index (χ0n) is 17.8. The largest absolute Gasteiger partial charge is 0.339 e. The summed E-state index contributed by atoms with van der Waals surface area (Å²) >= 11 is 0. The van der Waals surface area contributed by atoms with Gasteiger partial charge in [0.1, 0.15) is 0 Å². The predicted octanol–water partition coefficient (Wildman–Crippen LogP) is 3.57. The van der Waals surface area contributed by atoms with E-state index in [0.717, 1.165) is 31.2 Å². The molecule has 6 nitrogen and oxygen atoms in total. The van der Waals surface area contributed by atoms with Crippen LogP contribution in [-0.4, -0.2) is 46.3 Å². The molecule has 0 spiro atoms. The standard InChI is InChI=1S/C25H27N3O3/c1-26(19-11-5-6-12-19)24(31)25-16-15-22(29)28(25)21-14-8-7-13-20(21)23(30)27(25)17-18-9-3-2-4-10-18/h2-4,7-10,13-14,19H,5-6,11-12,15-17H2,1H3. The Bertz CT molecular complexity index is 1030. The van der Waals surface area contributed by atoms with E-state index in [1.165, 1.54) is 0 Å². The first-order chi connectivity index (χ1) is 15.0. The highest BCUT2D eigenvalue weighted by Gasteiger charge is 2.61. The molecule has 0 bridgehead atoms. The van der Waals surface area contributed by atoms with Crippen molar-refractivity contribution in [2.45, 2.75) is 56.8 Å². The molecule has 1 saturated carbocycles. The summed E-state index contributed by atoms with van der Waals surface area (Å²) in [5.74, 6) is -0.450. The van der Waals surface area contributed by atoms with Crippen molar-refractivity contribution < 1.29 is 14.4 Å². The summed E-state index contributed by atoms with van der Waals surface area (Å²) in [5, 5.41) is 0. The maximum atomic E-state index is 14.1. The predicted molar refractivity (Wildman–Crippen MR) is 117 cm³/mol. The number of anilines is 1. The summed E-state index contributed by atoms with van der Waals surface area (Å²) in [7, 11) is 1.83. The fourth-order valence-corrected chi connectivity index (χ4v) is 5.49. The fraction of sp³-hybridized carbons (Fsp3) is 0.400. The molecule has 2 aromatic carbocycles. The van der Waals surface area contributed by atoms with Gasteiger partial charge in [-0.05, 0) is 30.5 Å². The summed E-state index contributed by atoms with van der Waals surface area (Å²) in [6, 6.07) is 17.0. The van der Waals surface area contributed by atoms with Crippen LogP contribution in [0.25, 0.3) is 0 Å². The Morgan fingerprint density at radius 3 is 2.45 bits per heavy atom. The van der Waals surface area contributed by atoms with Crippen molar-refractivity contribution in [1.82, 2.24) is 9.80 Å². The van der Waals surface area contributed by atoms with E-state index in [0.29, 0.717) is 17.7 Å². The molecule has 0 radical (unpaired) electrons. The molecule has 0 N–H and O–H groups in total. The number of fused-ring (bicyclic) bond motifs is 3. The van der Waals surface area contributed by atoms with E-state index < -0.39 is 5.66 Å². The van der Waals surface area contributed by atoms with Crippen LogP contribution < -0.4 is 4.90 Å². The Hall–Kier alpha value is -3.15. The van der Waals surface area contributed by atoms with Gasteiger partial charge in [0.25, 0.3) is 11.8 Å². The normalized spacial score (nSPS) is 23.1. The molecule has 31 heavy (non-hydrogen) atoms. The molecule has 1 atom stereocenters. The zero-order chi connectivity index (χ0) is 21.6. The van der Waals surface area contributed by atoms with Crippen LogP contribution in [0.3, 0.4) is 0 Å². The van der Waals surface area contributed by atoms with E-state index in [9.17, 15) is 14.4 Å². The SMILES string of the molecule is CN(C(=O)C12CCC(=O)N1c1ccccc1C(=O)N2Cc1ccccc1)C1CCCC1. The van der Waals surface area contributed by atoms with Crippen molar-refractivity contribution in [3.63, 3.8) is 0 Å². The Balaban J connectivity index is 1.66. The summed E-state index contributed by atoms with van der Waals surface area (Å²) in [5.41, 5.74) is 0.647. The van der Waals surface area contributed by atoms with Gasteiger partial charge < -0.3 is 9.80 Å². The van der Waals surface area contributed by atoms with E-state index in [1.54, 1.807) is 32.9 Å². The zero-order valence-corrected chi connectivity index (χ0v) is 17.8. The molecular weight excluding hydrogens is 390 g/mol. The van der Waals surface area contributed by atoms with Gasteiger partial charge in [0.15, 0.2) is 0 Å². The lowest BCUT2D eigenvalue weighted by atomic mass is 9.93. The molecule has 5 rings (SSSR count). The Morgan fingerprint density at radius 2 is 1.71 bits per heavy atom. The first kappa shape index (κ1) is 19.8. The lowest BCUT2D eigenvalue weighted by molar-refractivity contribution is -0.145. The highest BCUT2D eigenvalue weighted by atomic mass is 16.2. The Morgan fingerprint density at radius 1 is 1.03 bits per heavy atom. The quantitative estimate of drug-likeness (QED) is 0.764. The molecule has 1 unspecified atom stereocenters. The van der Waals surface area contributed by atoms with Crippen LogP contribution in [0, 0.1) is 0 Å². The molecule has 160 valence electrons. The number of nitrogens with zero attached hydrogens (tertiary/aromatic N) is 3. The molecule has 6 heteroatoms. The van der Waals surface area contributed by atoms with Crippen LogP contribution in [-0.2, 0) is 16.1 Å². The third-order valence-corrected chi connectivity index (χ3v) is 7.09. The number of carbonyl (C=O) groups excluding carboxylic acids is 3. The van der Waals surface area contributed by atoms with Gasteiger partial charge in [-0.25, -0.2) is 0 Å². The van der Waals surface area contributed by atoms with Crippen molar-refractivity contribution in [2.75, 3.05) is 11.9 Å². The lowest BCUT2D eigenvalue weighted by Gasteiger charge is -2.51. The van der Waals surface area contributed by atoms with Crippen LogP contribution in [0.4, 0.5) is 5.69 Å². The summed E-state index contributed by atoms with van der Waals surface area (Å²) in [6.07, 6.45) is 4.71. The summed E-state index contributed by atoms with van der Waals surface area (Å²) < 4.78 is 0. The molecule has 3 aliphatic rings. The molecule has 1 saturated heterocycles. The smallest absolute Gasteiger partial charge is 0.270 e. The number of para-hydroxylation sites is 1. The first-order valence-electron chi connectivity index (χ1n) is 11.1. The maximum Gasteiger partial charge on any atom is 0.270 e. The van der Waals surface area contributed by atoms with Crippen LogP contribution in [0.5, 0.6) is 0 Å². The number of carbonyl (C=O) groups is 3. The molecule has 2 fully saturated rings. The van der Waals surface area contributed by atoms with E-state index in [2.05, 4.69) is 0 Å². The first-order valence-corrected chi connectivity index (χ1v) is 11.1. The van der Waals surface area contributed by atoms with Gasteiger partial charge >= 0.3 is 0 Å². The van der Waals surface area contributed by atoms with Gasteiger partial charge in [-0.15, -0.1) is 0 Å². The topological polar surface area (TPSA) is 60.9 Å². The van der Waals surface area contributed by atoms with Crippen molar-refractivity contribution in [3.05, 3.63) is 65.7 Å². The molecule has 2 aliphatic heterocycles. The second-order valence-electron chi connectivity index (χ2n) is 8.79. The van der Waals surface area contributed by atoms with E-state index in [1.807, 2.05) is 43.4 Å². The Labute approximate surface area is 182 Å². The molecule has 3 amide bonds. The highest BCUT2D eigenvalue weighted by molar-refractivity contribution is 6.16. The average molecular weight is 418 g/mol. The van der Waals surface area contributed by atoms with Gasteiger partial charge in [-0.1, -0.05) is 55.3 Å². The van der Waals surface area contributed by atoms with Crippen LogP contribution >= 0.6 is 0 Å². The number of benzene rings is 2. The fourth-order valence-electron chi connectivity index (χ4n) is 5.49. The second-order valence-corrected chi connectivity index (χ2v) is 8.79. The minimum Gasteiger partial charge on any atom is -0.339 e. The maximum absolute atomic E-state index is 14.1. The van der Waals surface area contributed by atoms with Gasteiger partial charge in [-0.3, -0.25) is 19.3 Å². The lowest BCUT2D eigenvalue weighted by Crippen LogP contribution is -2.70. The minimum atomic E-state index is -1.31. The molecule has 1 aliphatic carbocycles. The second kappa shape index (κ2) is 7.52. The number of hydrogen-bond acceptors (Lipinski definition) is 3. The Kier molecular flexibility index (Phi) is 4.80. The van der Waals surface area contributed by atoms with Crippen molar-refractivity contribution in [1.29, 1.82) is 0 Å². The van der Waals surface area contributed by atoms with Crippen LogP contribution in [0.15, 0.2) is 54.6 Å². The minimum absolute atomic E-state index is 0.105. The number of amides is 3. The summed E-state index contributed by atoms with van der Waals surface area (Å²) in [4.78, 5) is 46.1. The third kappa shape index (κ3) is 2.96. The van der Waals surface area contributed by atoms with Gasteiger partial charge in [0, 0.05) is 32.5 Å². The molecule has 2 aromatic rings. The van der Waals surface area contributed by atoms with Crippen LogP contribution in [0.2, 0.25) is 0 Å². The van der Waals surface area contributed by atoms with Gasteiger partial charge in [-0.2, -0.15) is 0 Å². The van der Waals surface area contributed by atoms with Crippen molar-refractivity contribution in [2.24, 2.45) is 0 Å². The molecule has 2 heterocycles. The van der Waals surface area contributed by atoms with Crippen molar-refractivity contribution in [3.8, 4) is 0 Å². The summed E-state index contributed by atoms with van der Waals surface area (Å²) in [6.45, 7) is 0.280. The number of likely N-dealkylation sites (N-methyl/N-ethyl adjacent to an activating group) is 1. The van der Waals surface area contributed by atoms with E-state index >= 15 is 0 Å². The highest BCUT2D eigenvalue weighted by Crippen LogP contribution is 2.46. The van der Waals surface area contributed by atoms with Crippen LogP contribution in [0.1, 0.15) is 54.4 Å². The monoisotopic (exact) mass is 417 g/mol. The number of rotatable bonds is 4. The number of hydrogen-bond donors (Lipinski definition) is 0. The van der Waals surface area contributed by atoms with Gasteiger partial charge in [0.05, 0.1) is 11.3 Å². The average Bonchev–Trinajstić information content (AvgIpc) is 3.45. The van der Waals surface area contributed by atoms with Gasteiger partial charge in [0.2, 0.25) is 11.6 Å². The molecule has 0 aromatic heterocycles.